The standard InChI is InChI=1S/C4H6N4O4S/c1-7-4(8(9)10)5-3(6-7)13(2,11)12/h1-2H3. The Hall–Kier alpha value is -1.51. The molecule has 0 radical (unpaired) electrons. The minimum Gasteiger partial charge on any atom is -0.390 e. The molecule has 0 atom stereocenters. The van der Waals surface area contributed by atoms with E-state index in [9.17, 15) is 18.5 Å². The van der Waals surface area contributed by atoms with Crippen molar-refractivity contribution in [3.63, 3.8) is 0 Å². The molecule has 0 aromatic carbocycles. The number of nitrogens with zero attached hydrogens (tertiary/aromatic N) is 4. The van der Waals surface area contributed by atoms with Crippen molar-refractivity contribution in [2.24, 2.45) is 7.05 Å². The predicted octanol–water partition coefficient (Wildman–Crippen LogP) is -0.873. The largest absolute Gasteiger partial charge is 0.456 e. The Morgan fingerprint density at radius 3 is 2.31 bits per heavy atom. The number of aryl methyl sites for hydroxylation is 1. The van der Waals surface area contributed by atoms with E-state index in [1.807, 2.05) is 0 Å². The van der Waals surface area contributed by atoms with Gasteiger partial charge in [-0.1, -0.05) is 5.10 Å². The lowest BCUT2D eigenvalue weighted by Crippen LogP contribution is -2.00. The third-order valence-electron chi connectivity index (χ3n) is 1.22. The van der Waals surface area contributed by atoms with Crippen molar-refractivity contribution < 1.29 is 13.3 Å². The maximum atomic E-state index is 10.9. The minimum absolute atomic E-state index is 0.540. The summed E-state index contributed by atoms with van der Waals surface area (Å²) in [5.41, 5.74) is 0. The second-order valence-electron chi connectivity index (χ2n) is 2.35. The van der Waals surface area contributed by atoms with Crippen LogP contribution < -0.4 is 0 Å². The molecular weight excluding hydrogens is 200 g/mol. The van der Waals surface area contributed by atoms with E-state index in [0.717, 1.165) is 10.9 Å². The highest BCUT2D eigenvalue weighted by atomic mass is 32.2. The fraction of sp³-hybridized carbons (Fsp3) is 0.500. The van der Waals surface area contributed by atoms with E-state index in [1.54, 1.807) is 0 Å². The first-order valence-corrected chi connectivity index (χ1v) is 4.97. The van der Waals surface area contributed by atoms with Crippen molar-refractivity contribution >= 4 is 15.8 Å². The molecule has 0 bridgehead atoms. The zero-order valence-corrected chi connectivity index (χ0v) is 7.65. The van der Waals surface area contributed by atoms with Gasteiger partial charge in [-0.15, -0.1) is 4.68 Å². The third kappa shape index (κ3) is 1.80. The fourth-order valence-corrected chi connectivity index (χ4v) is 1.19. The highest BCUT2D eigenvalue weighted by Crippen LogP contribution is 2.09. The summed E-state index contributed by atoms with van der Waals surface area (Å²) in [5.74, 6) is -0.597. The molecule has 0 aliphatic rings. The normalized spacial score (nSPS) is 11.5. The highest BCUT2D eigenvalue weighted by Gasteiger charge is 2.25. The number of sulfone groups is 1. The molecule has 0 unspecified atom stereocenters. The van der Waals surface area contributed by atoms with Crippen molar-refractivity contribution in [2.45, 2.75) is 5.16 Å². The van der Waals surface area contributed by atoms with E-state index in [2.05, 4.69) is 10.1 Å². The second-order valence-corrected chi connectivity index (χ2v) is 4.26. The van der Waals surface area contributed by atoms with Crippen LogP contribution in [0.5, 0.6) is 0 Å². The molecule has 72 valence electrons. The van der Waals surface area contributed by atoms with Gasteiger partial charge in [-0.05, 0) is 9.91 Å². The van der Waals surface area contributed by atoms with Crippen LogP contribution in [0.3, 0.4) is 0 Å². The van der Waals surface area contributed by atoms with Crippen LogP contribution in [0.15, 0.2) is 5.16 Å². The van der Waals surface area contributed by atoms with E-state index in [0.29, 0.717) is 0 Å². The lowest BCUT2D eigenvalue weighted by Gasteiger charge is -1.88. The van der Waals surface area contributed by atoms with Gasteiger partial charge in [-0.3, -0.25) is 0 Å². The lowest BCUT2D eigenvalue weighted by atomic mass is 11.0. The highest BCUT2D eigenvalue weighted by molar-refractivity contribution is 7.90. The SMILES string of the molecule is Cn1nc(S(C)(=O)=O)nc1[N+](=O)[O-]. The molecule has 1 heterocycles. The van der Waals surface area contributed by atoms with Crippen molar-refractivity contribution in [3.8, 4) is 0 Å². The molecule has 13 heavy (non-hydrogen) atoms. The summed E-state index contributed by atoms with van der Waals surface area (Å²) in [5, 5.41) is 13.1. The van der Waals surface area contributed by atoms with E-state index in [4.69, 9.17) is 0 Å². The first kappa shape index (κ1) is 9.58. The number of hydrogen-bond donors (Lipinski definition) is 0. The Labute approximate surface area is 73.3 Å². The van der Waals surface area contributed by atoms with Gasteiger partial charge in [0.05, 0.1) is 7.05 Å². The summed E-state index contributed by atoms with van der Waals surface area (Å²) in [4.78, 5) is 12.7. The van der Waals surface area contributed by atoms with Crippen molar-refractivity contribution in [2.75, 3.05) is 6.26 Å². The molecule has 9 heteroatoms. The van der Waals surface area contributed by atoms with Gasteiger partial charge in [0.25, 0.3) is 0 Å². The molecule has 1 aromatic rings. The summed E-state index contributed by atoms with van der Waals surface area (Å²) in [6.45, 7) is 0. The van der Waals surface area contributed by atoms with Crippen LogP contribution >= 0.6 is 0 Å². The van der Waals surface area contributed by atoms with Gasteiger partial charge in [0.2, 0.25) is 9.84 Å². The third-order valence-corrected chi connectivity index (χ3v) is 2.05. The van der Waals surface area contributed by atoms with Crippen molar-refractivity contribution in [1.29, 1.82) is 0 Å². The number of rotatable bonds is 2. The van der Waals surface area contributed by atoms with Crippen LogP contribution in [0.2, 0.25) is 0 Å². The smallest absolute Gasteiger partial charge is 0.390 e. The molecule has 0 aliphatic carbocycles. The maximum absolute atomic E-state index is 10.9. The van der Waals surface area contributed by atoms with E-state index < -0.39 is 25.9 Å². The molecule has 0 saturated carbocycles. The van der Waals surface area contributed by atoms with Crippen molar-refractivity contribution in [1.82, 2.24) is 14.8 Å². The van der Waals surface area contributed by atoms with Crippen LogP contribution in [0.4, 0.5) is 5.95 Å². The molecular formula is C4H6N4O4S. The van der Waals surface area contributed by atoms with E-state index >= 15 is 0 Å². The Balaban J connectivity index is 3.33. The van der Waals surface area contributed by atoms with Crippen LogP contribution in [-0.2, 0) is 16.9 Å². The predicted molar refractivity (Wildman–Crippen MR) is 40.8 cm³/mol. The molecule has 0 amide bonds. The Kier molecular flexibility index (Phi) is 2.04. The quantitative estimate of drug-likeness (QED) is 0.459. The Morgan fingerprint density at radius 1 is 1.54 bits per heavy atom. The van der Waals surface area contributed by atoms with Gasteiger partial charge in [0, 0.05) is 6.26 Å². The summed E-state index contributed by atoms with van der Waals surface area (Å²) in [7, 11) is -2.34. The number of hydrogen-bond acceptors (Lipinski definition) is 6. The van der Waals surface area contributed by atoms with Gasteiger partial charge in [-0.2, -0.15) is 0 Å². The van der Waals surface area contributed by atoms with Crippen LogP contribution in [-0.4, -0.2) is 34.4 Å². The van der Waals surface area contributed by atoms with Crippen LogP contribution in [0.25, 0.3) is 0 Å². The fourth-order valence-electron chi connectivity index (χ4n) is 0.669. The molecule has 1 aromatic heterocycles. The van der Waals surface area contributed by atoms with E-state index in [1.165, 1.54) is 7.05 Å². The first-order valence-electron chi connectivity index (χ1n) is 3.08. The molecule has 0 N–H and O–H groups in total. The summed E-state index contributed by atoms with van der Waals surface area (Å²) in [6.07, 6.45) is 0.881. The molecule has 0 spiro atoms. The number of aromatic nitrogens is 3. The minimum atomic E-state index is -3.59. The average Bonchev–Trinajstić information content (AvgIpc) is 2.29. The summed E-state index contributed by atoms with van der Waals surface area (Å²) < 4.78 is 22.5. The van der Waals surface area contributed by atoms with Gasteiger partial charge in [-0.25, -0.2) is 8.42 Å². The first-order chi connectivity index (χ1) is 5.82. The van der Waals surface area contributed by atoms with Gasteiger partial charge >= 0.3 is 11.1 Å². The molecule has 1 rings (SSSR count). The van der Waals surface area contributed by atoms with Gasteiger partial charge < -0.3 is 10.1 Å². The molecule has 0 fully saturated rings. The average molecular weight is 206 g/mol. The zero-order chi connectivity index (χ0) is 10.2. The van der Waals surface area contributed by atoms with Gasteiger partial charge in [0.15, 0.2) is 0 Å². The van der Waals surface area contributed by atoms with Crippen molar-refractivity contribution in [3.05, 3.63) is 10.1 Å². The van der Waals surface area contributed by atoms with E-state index in [-0.39, 0.29) is 0 Å². The summed E-state index contributed by atoms with van der Waals surface area (Å²) >= 11 is 0. The van der Waals surface area contributed by atoms with Gasteiger partial charge in [0.1, 0.15) is 0 Å². The van der Waals surface area contributed by atoms with Crippen LogP contribution in [0, 0.1) is 10.1 Å². The van der Waals surface area contributed by atoms with Crippen LogP contribution in [0.1, 0.15) is 0 Å². The number of nitro groups is 1. The molecule has 8 nitrogen and oxygen atoms in total. The maximum Gasteiger partial charge on any atom is 0.456 e. The summed E-state index contributed by atoms with van der Waals surface area (Å²) in [6, 6.07) is 0. The Morgan fingerprint density at radius 2 is 2.08 bits per heavy atom. The second kappa shape index (κ2) is 2.76. The monoisotopic (exact) mass is 206 g/mol. The Bertz CT molecular complexity index is 447. The lowest BCUT2D eigenvalue weighted by molar-refractivity contribution is -0.397. The molecule has 0 saturated heterocycles. The topological polar surface area (TPSA) is 108 Å². The molecule has 0 aliphatic heterocycles. The zero-order valence-electron chi connectivity index (χ0n) is 6.83.